The first-order valence-electron chi connectivity index (χ1n) is 12.0. The number of amides is 1. The first kappa shape index (κ1) is 24.5. The van der Waals surface area contributed by atoms with Crippen molar-refractivity contribution in [2.24, 2.45) is 16.9 Å². The molecular weight excluding hydrogens is 521 g/mol. The topological polar surface area (TPSA) is 145 Å². The molecule has 0 radical (unpaired) electrons. The van der Waals surface area contributed by atoms with Crippen LogP contribution < -0.4 is 16.4 Å². The van der Waals surface area contributed by atoms with Crippen LogP contribution in [0.5, 0.6) is 0 Å². The van der Waals surface area contributed by atoms with E-state index in [0.717, 1.165) is 31.7 Å². The van der Waals surface area contributed by atoms with Crippen molar-refractivity contribution in [1.29, 1.82) is 0 Å². The summed E-state index contributed by atoms with van der Waals surface area (Å²) in [4.78, 5) is 14.2. The van der Waals surface area contributed by atoms with E-state index in [1.165, 1.54) is 11.0 Å². The number of nitrogens with two attached hydrogens (primary N) is 2. The maximum Gasteiger partial charge on any atom is 0.250 e. The Bertz CT molecular complexity index is 1500. The van der Waals surface area contributed by atoms with Gasteiger partial charge in [-0.3, -0.25) is 4.79 Å². The number of carbonyl (C=O) groups is 1. The molecule has 0 saturated heterocycles. The van der Waals surface area contributed by atoms with E-state index in [9.17, 15) is 13.2 Å². The van der Waals surface area contributed by atoms with E-state index in [4.69, 9.17) is 27.5 Å². The van der Waals surface area contributed by atoms with Crippen molar-refractivity contribution in [2.75, 3.05) is 10.7 Å². The van der Waals surface area contributed by atoms with Gasteiger partial charge in [0.05, 0.1) is 34.5 Å². The number of nitrogens with zero attached hydrogens (tertiary/aromatic N) is 3. The van der Waals surface area contributed by atoms with Gasteiger partial charge in [0.25, 0.3) is 5.89 Å². The van der Waals surface area contributed by atoms with Crippen LogP contribution in [0.1, 0.15) is 43.1 Å². The maximum absolute atomic E-state index is 15.3. The molecule has 1 spiro atoms. The predicted molar refractivity (Wildman–Crippen MR) is 134 cm³/mol. The van der Waals surface area contributed by atoms with E-state index in [1.807, 2.05) is 0 Å². The van der Waals surface area contributed by atoms with Crippen LogP contribution in [-0.4, -0.2) is 42.4 Å². The van der Waals surface area contributed by atoms with Gasteiger partial charge in [-0.2, -0.15) is 0 Å². The Morgan fingerprint density at radius 2 is 1.81 bits per heavy atom. The second kappa shape index (κ2) is 8.59. The van der Waals surface area contributed by atoms with Crippen LogP contribution in [0.2, 0.25) is 5.02 Å². The molecule has 2 saturated carbocycles. The van der Waals surface area contributed by atoms with E-state index in [1.54, 1.807) is 24.3 Å². The van der Waals surface area contributed by atoms with Gasteiger partial charge in [-0.25, -0.2) is 12.8 Å². The third-order valence-electron chi connectivity index (χ3n) is 7.68. The Hall–Kier alpha value is -2.86. The average molecular weight is 546 g/mol. The van der Waals surface area contributed by atoms with Gasteiger partial charge in [0.15, 0.2) is 9.84 Å². The van der Waals surface area contributed by atoms with E-state index in [2.05, 4.69) is 10.2 Å². The smallest absolute Gasteiger partial charge is 0.250 e. The summed E-state index contributed by atoms with van der Waals surface area (Å²) in [6.07, 6.45) is 3.76. The fraction of sp³-hybridized carbons (Fsp3) is 0.400. The van der Waals surface area contributed by atoms with Crippen molar-refractivity contribution < 1.29 is 22.0 Å². The van der Waals surface area contributed by atoms with Crippen molar-refractivity contribution in [3.8, 4) is 11.5 Å². The molecule has 1 aromatic heterocycles. The normalized spacial score (nSPS) is 28.4. The lowest BCUT2D eigenvalue weighted by Gasteiger charge is -2.56. The molecule has 194 valence electrons. The molecule has 2 aromatic carbocycles. The van der Waals surface area contributed by atoms with Crippen LogP contribution >= 0.6 is 11.6 Å². The predicted octanol–water partition coefficient (Wildman–Crippen LogP) is 3.16. The molecule has 0 unspecified atom stereocenters. The largest absolute Gasteiger partial charge is 0.420 e. The highest BCUT2D eigenvalue weighted by Crippen LogP contribution is 2.61. The number of hydrogen-bond donors (Lipinski definition) is 2. The highest BCUT2D eigenvalue weighted by atomic mass is 35.5. The van der Waals surface area contributed by atoms with Gasteiger partial charge in [-0.1, -0.05) is 23.7 Å². The zero-order valence-electron chi connectivity index (χ0n) is 19.7. The molecule has 12 heteroatoms. The summed E-state index contributed by atoms with van der Waals surface area (Å²) >= 11 is 5.98. The fourth-order valence-electron chi connectivity index (χ4n) is 5.87. The number of fused-ring (bicyclic) bond motifs is 1. The molecular formula is C25H25ClFN5O4S. The van der Waals surface area contributed by atoms with Gasteiger partial charge in [-0.05, 0) is 60.9 Å². The first-order chi connectivity index (χ1) is 17.5. The third-order valence-corrected chi connectivity index (χ3v) is 9.73. The molecule has 2 heterocycles. The fourth-order valence-corrected chi connectivity index (χ4v) is 7.57. The molecule has 1 amide bonds. The molecule has 3 aliphatic rings. The summed E-state index contributed by atoms with van der Waals surface area (Å²) in [5.41, 5.74) is 12.8. The van der Waals surface area contributed by atoms with Crippen molar-refractivity contribution in [3.05, 3.63) is 58.7 Å². The van der Waals surface area contributed by atoms with Crippen molar-refractivity contribution >= 4 is 33.0 Å². The monoisotopic (exact) mass is 545 g/mol. The van der Waals surface area contributed by atoms with Crippen LogP contribution in [0.3, 0.4) is 0 Å². The minimum Gasteiger partial charge on any atom is -0.420 e. The summed E-state index contributed by atoms with van der Waals surface area (Å²) in [6.45, 7) is 0.0126. The Morgan fingerprint density at radius 3 is 2.49 bits per heavy atom. The van der Waals surface area contributed by atoms with Gasteiger partial charge in [0, 0.05) is 17.0 Å². The highest BCUT2D eigenvalue weighted by molar-refractivity contribution is 7.91. The van der Waals surface area contributed by atoms with Crippen molar-refractivity contribution in [1.82, 2.24) is 10.2 Å². The molecule has 4 N–H and O–H groups in total. The molecule has 6 rings (SSSR count). The number of rotatable bonds is 4. The lowest BCUT2D eigenvalue weighted by Crippen LogP contribution is -2.52. The lowest BCUT2D eigenvalue weighted by atomic mass is 9.50. The SMILES string of the molecule is NC1CC2(C1)CC(c1nnc(-c3cc4c(cc3F)S(=O)(=O)C[C@H](N)C(=O)N4Cc3ccc(Cl)cc3)o1)C2. The number of halogens is 2. The Labute approximate surface area is 217 Å². The summed E-state index contributed by atoms with van der Waals surface area (Å²) in [6, 6.07) is 7.87. The quantitative estimate of drug-likeness (QED) is 0.508. The van der Waals surface area contributed by atoms with Crippen LogP contribution in [0.15, 0.2) is 45.7 Å². The van der Waals surface area contributed by atoms with Gasteiger partial charge in [0.1, 0.15) is 5.82 Å². The minimum atomic E-state index is -4.06. The molecule has 9 nitrogen and oxygen atoms in total. The van der Waals surface area contributed by atoms with Gasteiger partial charge < -0.3 is 20.8 Å². The van der Waals surface area contributed by atoms with E-state index >= 15 is 4.39 Å². The van der Waals surface area contributed by atoms with Gasteiger partial charge >= 0.3 is 0 Å². The van der Waals surface area contributed by atoms with Crippen molar-refractivity contribution in [2.45, 2.75) is 55.1 Å². The van der Waals surface area contributed by atoms with Gasteiger partial charge in [0.2, 0.25) is 11.8 Å². The first-order valence-corrected chi connectivity index (χ1v) is 14.0. The number of hydrogen-bond acceptors (Lipinski definition) is 8. The third kappa shape index (κ3) is 4.23. The average Bonchev–Trinajstić information content (AvgIpc) is 3.26. The molecule has 1 atom stereocenters. The zero-order valence-corrected chi connectivity index (χ0v) is 21.3. The molecule has 1 aliphatic heterocycles. The second-order valence-electron chi connectivity index (χ2n) is 10.5. The Kier molecular flexibility index (Phi) is 5.68. The van der Waals surface area contributed by atoms with Crippen molar-refractivity contribution in [3.63, 3.8) is 0 Å². The van der Waals surface area contributed by atoms with Gasteiger partial charge in [-0.15, -0.1) is 10.2 Å². The number of anilines is 1. The maximum atomic E-state index is 15.3. The molecule has 0 bridgehead atoms. The van der Waals surface area contributed by atoms with E-state index in [-0.39, 0.29) is 46.0 Å². The number of carbonyl (C=O) groups excluding carboxylic acids is 1. The summed E-state index contributed by atoms with van der Waals surface area (Å²) in [7, 11) is -4.06. The summed E-state index contributed by atoms with van der Waals surface area (Å²) in [5, 5.41) is 8.69. The zero-order chi connectivity index (χ0) is 26.1. The lowest BCUT2D eigenvalue weighted by molar-refractivity contribution is -0.119. The summed E-state index contributed by atoms with van der Waals surface area (Å²) in [5.74, 6) is -1.65. The number of benzene rings is 2. The van der Waals surface area contributed by atoms with Crippen LogP contribution in [-0.2, 0) is 21.2 Å². The molecule has 37 heavy (non-hydrogen) atoms. The molecule has 2 aliphatic carbocycles. The van der Waals surface area contributed by atoms with E-state index < -0.39 is 33.4 Å². The minimum absolute atomic E-state index is 0.00935. The standard InChI is InChI=1S/C25H25ClFN5O4S/c26-15-3-1-13(2-4-15)11-32-20-5-17(18(27)6-21(20)37(34,35)12-19(29)24(32)33)23-31-30-22(36-23)14-7-25(8-14)9-16(28)10-25/h1-6,14,16,19H,7-12,28-29H2/t14?,16?,19-,25?/m0/s1. The number of aromatic nitrogens is 2. The highest BCUT2D eigenvalue weighted by Gasteiger charge is 2.53. The molecule has 3 aromatic rings. The summed E-state index contributed by atoms with van der Waals surface area (Å²) < 4.78 is 47.3. The number of sulfone groups is 1. The Balaban J connectivity index is 1.37. The van der Waals surface area contributed by atoms with Crippen LogP contribution in [0.25, 0.3) is 11.5 Å². The van der Waals surface area contributed by atoms with Crippen LogP contribution in [0, 0.1) is 11.2 Å². The van der Waals surface area contributed by atoms with E-state index in [0.29, 0.717) is 16.5 Å². The molecule has 2 fully saturated rings. The Morgan fingerprint density at radius 1 is 1.11 bits per heavy atom. The second-order valence-corrected chi connectivity index (χ2v) is 12.9. The van der Waals surface area contributed by atoms with Crippen LogP contribution in [0.4, 0.5) is 10.1 Å².